The van der Waals surface area contributed by atoms with E-state index >= 15 is 0 Å². The molecule has 0 aliphatic heterocycles. The second kappa shape index (κ2) is 5.74. The molecule has 0 radical (unpaired) electrons. The number of aliphatic hydroxyl groups is 1. The van der Waals surface area contributed by atoms with Gasteiger partial charge < -0.3 is 10.0 Å². The van der Waals surface area contributed by atoms with Gasteiger partial charge in [0.2, 0.25) is 5.91 Å². The predicted molar refractivity (Wildman–Crippen MR) is 76.0 cm³/mol. The molecule has 19 heavy (non-hydrogen) atoms. The maximum atomic E-state index is 12.1. The van der Waals surface area contributed by atoms with E-state index in [0.717, 1.165) is 24.9 Å². The number of aryl methyl sites for hydroxylation is 2. The first-order valence-electron chi connectivity index (χ1n) is 6.94. The van der Waals surface area contributed by atoms with Gasteiger partial charge in [0, 0.05) is 13.6 Å². The molecule has 1 fully saturated rings. The maximum absolute atomic E-state index is 12.1. The summed E-state index contributed by atoms with van der Waals surface area (Å²) in [5.74, 6) is 0.633. The monoisotopic (exact) mass is 261 g/mol. The molecule has 0 atom stereocenters. The Hall–Kier alpha value is -1.35. The number of nitrogens with zero attached hydrogens (tertiary/aromatic N) is 1. The van der Waals surface area contributed by atoms with Crippen LogP contribution < -0.4 is 0 Å². The average Bonchev–Trinajstić information content (AvgIpc) is 2.31. The van der Waals surface area contributed by atoms with Crippen molar-refractivity contribution in [2.75, 3.05) is 13.6 Å². The van der Waals surface area contributed by atoms with Crippen molar-refractivity contribution in [3.8, 4) is 0 Å². The Morgan fingerprint density at radius 3 is 2.58 bits per heavy atom. The number of amides is 1. The van der Waals surface area contributed by atoms with Crippen LogP contribution in [0.1, 0.15) is 29.5 Å². The lowest BCUT2D eigenvalue weighted by molar-refractivity contribution is -0.130. The summed E-state index contributed by atoms with van der Waals surface area (Å²) in [4.78, 5) is 13.9. The van der Waals surface area contributed by atoms with Gasteiger partial charge in [0.25, 0.3) is 0 Å². The molecular weight excluding hydrogens is 238 g/mol. The van der Waals surface area contributed by atoms with E-state index in [2.05, 4.69) is 26.0 Å². The van der Waals surface area contributed by atoms with E-state index in [9.17, 15) is 9.90 Å². The normalized spacial score (nSPS) is 21.9. The molecule has 0 aromatic heterocycles. The van der Waals surface area contributed by atoms with Gasteiger partial charge in [-0.3, -0.25) is 4.79 Å². The summed E-state index contributed by atoms with van der Waals surface area (Å²) < 4.78 is 0. The number of hydrogen-bond donors (Lipinski definition) is 1. The number of carbonyl (C=O) groups excluding carboxylic acids is 1. The van der Waals surface area contributed by atoms with Gasteiger partial charge >= 0.3 is 0 Å². The molecule has 0 bridgehead atoms. The Morgan fingerprint density at radius 2 is 2.00 bits per heavy atom. The van der Waals surface area contributed by atoms with Crippen molar-refractivity contribution >= 4 is 5.91 Å². The lowest BCUT2D eigenvalue weighted by Crippen LogP contribution is -2.40. The lowest BCUT2D eigenvalue weighted by atomic mass is 9.82. The Balaban J connectivity index is 1.87. The Kier molecular flexibility index (Phi) is 4.25. The molecule has 1 aromatic rings. The lowest BCUT2D eigenvalue weighted by Gasteiger charge is -2.34. The Labute approximate surface area is 115 Å². The third kappa shape index (κ3) is 3.57. The highest BCUT2D eigenvalue weighted by molar-refractivity contribution is 5.78. The molecule has 1 aromatic carbocycles. The second-order valence-electron chi connectivity index (χ2n) is 5.86. The standard InChI is InChI=1S/C16H23NO2/c1-11-4-5-13(6-12(11)2)9-16(19)17(3)10-14-7-15(18)8-14/h4-6,14-15,18H,7-10H2,1-3H3. The van der Waals surface area contributed by atoms with Crippen LogP contribution in [0.25, 0.3) is 0 Å². The van der Waals surface area contributed by atoms with Gasteiger partial charge in [-0.2, -0.15) is 0 Å². The zero-order valence-electron chi connectivity index (χ0n) is 12.0. The largest absolute Gasteiger partial charge is 0.393 e. The smallest absolute Gasteiger partial charge is 0.226 e. The highest BCUT2D eigenvalue weighted by Crippen LogP contribution is 2.27. The number of carbonyl (C=O) groups is 1. The van der Waals surface area contributed by atoms with Crippen molar-refractivity contribution < 1.29 is 9.90 Å². The fourth-order valence-electron chi connectivity index (χ4n) is 2.56. The van der Waals surface area contributed by atoms with Crippen LogP contribution in [0.4, 0.5) is 0 Å². The van der Waals surface area contributed by atoms with Crippen molar-refractivity contribution in [2.45, 2.75) is 39.2 Å². The average molecular weight is 261 g/mol. The number of benzene rings is 1. The fourth-order valence-corrected chi connectivity index (χ4v) is 2.56. The van der Waals surface area contributed by atoms with Crippen molar-refractivity contribution in [3.63, 3.8) is 0 Å². The van der Waals surface area contributed by atoms with E-state index in [4.69, 9.17) is 0 Å². The van der Waals surface area contributed by atoms with Crippen LogP contribution in [0.2, 0.25) is 0 Å². The maximum Gasteiger partial charge on any atom is 0.226 e. The summed E-state index contributed by atoms with van der Waals surface area (Å²) in [6.45, 7) is 4.92. The molecule has 1 amide bonds. The first kappa shape index (κ1) is 14.1. The minimum absolute atomic E-state index is 0.145. The quantitative estimate of drug-likeness (QED) is 0.901. The number of likely N-dealkylation sites (N-methyl/N-ethyl adjacent to an activating group) is 1. The summed E-state index contributed by atoms with van der Waals surface area (Å²) in [6.07, 6.45) is 1.99. The SMILES string of the molecule is Cc1ccc(CC(=O)N(C)CC2CC(O)C2)cc1C. The molecule has 1 aliphatic carbocycles. The van der Waals surface area contributed by atoms with Gasteiger partial charge in [-0.05, 0) is 49.3 Å². The highest BCUT2D eigenvalue weighted by atomic mass is 16.3. The summed E-state index contributed by atoms with van der Waals surface area (Å²) >= 11 is 0. The summed E-state index contributed by atoms with van der Waals surface area (Å²) in [5.41, 5.74) is 3.57. The molecule has 1 N–H and O–H groups in total. The van der Waals surface area contributed by atoms with Crippen LogP contribution in [0.15, 0.2) is 18.2 Å². The Bertz CT molecular complexity index is 464. The van der Waals surface area contributed by atoms with E-state index < -0.39 is 0 Å². The van der Waals surface area contributed by atoms with Crippen LogP contribution in [-0.4, -0.2) is 35.6 Å². The van der Waals surface area contributed by atoms with E-state index in [1.54, 1.807) is 4.90 Å². The summed E-state index contributed by atoms with van der Waals surface area (Å²) in [5, 5.41) is 9.26. The molecule has 104 valence electrons. The molecule has 2 rings (SSSR count). The van der Waals surface area contributed by atoms with Crippen LogP contribution in [0, 0.1) is 19.8 Å². The molecule has 1 saturated carbocycles. The second-order valence-corrected chi connectivity index (χ2v) is 5.86. The molecular formula is C16H23NO2. The highest BCUT2D eigenvalue weighted by Gasteiger charge is 2.28. The van der Waals surface area contributed by atoms with E-state index in [0.29, 0.717) is 12.3 Å². The zero-order valence-corrected chi connectivity index (χ0v) is 12.0. The van der Waals surface area contributed by atoms with Crippen LogP contribution in [0.3, 0.4) is 0 Å². The topological polar surface area (TPSA) is 40.5 Å². The minimum Gasteiger partial charge on any atom is -0.393 e. The molecule has 0 unspecified atom stereocenters. The van der Waals surface area contributed by atoms with Gasteiger partial charge in [0.05, 0.1) is 12.5 Å². The molecule has 3 nitrogen and oxygen atoms in total. The van der Waals surface area contributed by atoms with Gasteiger partial charge in [-0.25, -0.2) is 0 Å². The van der Waals surface area contributed by atoms with E-state index in [1.807, 2.05) is 13.1 Å². The zero-order chi connectivity index (χ0) is 14.0. The molecule has 0 heterocycles. The number of aliphatic hydroxyl groups excluding tert-OH is 1. The van der Waals surface area contributed by atoms with Crippen LogP contribution in [0.5, 0.6) is 0 Å². The third-order valence-electron chi connectivity index (χ3n) is 4.10. The van der Waals surface area contributed by atoms with Gasteiger partial charge in [-0.15, -0.1) is 0 Å². The van der Waals surface area contributed by atoms with E-state index in [-0.39, 0.29) is 12.0 Å². The van der Waals surface area contributed by atoms with Crippen molar-refractivity contribution in [3.05, 3.63) is 34.9 Å². The van der Waals surface area contributed by atoms with Crippen LogP contribution >= 0.6 is 0 Å². The first-order chi connectivity index (χ1) is 8.95. The summed E-state index contributed by atoms with van der Waals surface area (Å²) in [7, 11) is 1.86. The summed E-state index contributed by atoms with van der Waals surface area (Å²) in [6, 6.07) is 6.19. The van der Waals surface area contributed by atoms with Crippen LogP contribution in [-0.2, 0) is 11.2 Å². The van der Waals surface area contributed by atoms with Crippen molar-refractivity contribution in [1.82, 2.24) is 4.90 Å². The fraction of sp³-hybridized carbons (Fsp3) is 0.562. The predicted octanol–water partition coefficient (Wildman–Crippen LogP) is 2.08. The molecule has 3 heteroatoms. The van der Waals surface area contributed by atoms with E-state index in [1.165, 1.54) is 11.1 Å². The minimum atomic E-state index is -0.145. The number of hydrogen-bond acceptors (Lipinski definition) is 2. The van der Waals surface area contributed by atoms with Gasteiger partial charge in [-0.1, -0.05) is 18.2 Å². The van der Waals surface area contributed by atoms with Crippen molar-refractivity contribution in [1.29, 1.82) is 0 Å². The first-order valence-corrected chi connectivity index (χ1v) is 6.94. The molecule has 1 aliphatic rings. The molecule has 0 spiro atoms. The number of rotatable bonds is 4. The molecule has 0 saturated heterocycles. The van der Waals surface area contributed by atoms with Gasteiger partial charge in [0.15, 0.2) is 0 Å². The Morgan fingerprint density at radius 1 is 1.32 bits per heavy atom. The third-order valence-corrected chi connectivity index (χ3v) is 4.10. The van der Waals surface area contributed by atoms with Gasteiger partial charge in [0.1, 0.15) is 0 Å². The van der Waals surface area contributed by atoms with Crippen molar-refractivity contribution in [2.24, 2.45) is 5.92 Å².